The molecule has 2 rings (SSSR count). The van der Waals surface area contributed by atoms with Crippen LogP contribution in [-0.2, 0) is 4.79 Å². The number of anilines is 2. The molecule has 0 atom stereocenters. The van der Waals surface area contributed by atoms with Crippen LogP contribution in [0.2, 0.25) is 0 Å². The van der Waals surface area contributed by atoms with Crippen molar-refractivity contribution in [2.75, 3.05) is 36.5 Å². The fourth-order valence-electron chi connectivity index (χ4n) is 2.58. The summed E-state index contributed by atoms with van der Waals surface area (Å²) in [5, 5.41) is 9.02. The molecule has 1 aliphatic heterocycles. The molecule has 0 fully saturated rings. The van der Waals surface area contributed by atoms with Crippen molar-refractivity contribution in [3.63, 3.8) is 0 Å². The SMILES string of the molecule is Cc1ccc2c(c1C)N(C)CCCN2CC(=O)O. The molecule has 0 saturated heterocycles. The van der Waals surface area contributed by atoms with Crippen molar-refractivity contribution < 1.29 is 9.90 Å². The molecule has 1 aliphatic rings. The maximum absolute atomic E-state index is 11.0. The Balaban J connectivity index is 2.50. The first-order valence-electron chi connectivity index (χ1n) is 6.29. The molecule has 0 aromatic heterocycles. The Morgan fingerprint density at radius 3 is 2.72 bits per heavy atom. The third kappa shape index (κ3) is 2.28. The van der Waals surface area contributed by atoms with Gasteiger partial charge >= 0.3 is 5.97 Å². The van der Waals surface area contributed by atoms with Gasteiger partial charge in [-0.2, -0.15) is 0 Å². The van der Waals surface area contributed by atoms with Gasteiger partial charge in [-0.3, -0.25) is 4.79 Å². The van der Waals surface area contributed by atoms with Gasteiger partial charge in [0.2, 0.25) is 0 Å². The van der Waals surface area contributed by atoms with E-state index in [1.807, 2.05) is 11.0 Å². The summed E-state index contributed by atoms with van der Waals surface area (Å²) in [5.74, 6) is -0.774. The Labute approximate surface area is 108 Å². The van der Waals surface area contributed by atoms with Crippen LogP contribution in [0.4, 0.5) is 11.4 Å². The van der Waals surface area contributed by atoms with Gasteiger partial charge in [0.25, 0.3) is 0 Å². The quantitative estimate of drug-likeness (QED) is 0.869. The van der Waals surface area contributed by atoms with Crippen molar-refractivity contribution in [2.24, 2.45) is 0 Å². The zero-order valence-corrected chi connectivity index (χ0v) is 11.2. The summed E-state index contributed by atoms with van der Waals surface area (Å²) in [7, 11) is 2.08. The zero-order valence-electron chi connectivity index (χ0n) is 11.2. The molecule has 4 nitrogen and oxygen atoms in total. The van der Waals surface area contributed by atoms with Gasteiger partial charge in [-0.15, -0.1) is 0 Å². The van der Waals surface area contributed by atoms with Crippen molar-refractivity contribution in [3.8, 4) is 0 Å². The second-order valence-electron chi connectivity index (χ2n) is 4.97. The zero-order chi connectivity index (χ0) is 13.3. The molecule has 1 N–H and O–H groups in total. The van der Waals surface area contributed by atoms with E-state index in [-0.39, 0.29) is 6.54 Å². The maximum atomic E-state index is 11.0. The van der Waals surface area contributed by atoms with Gasteiger partial charge in [0.15, 0.2) is 0 Å². The first-order chi connectivity index (χ1) is 8.50. The topological polar surface area (TPSA) is 43.8 Å². The number of carbonyl (C=O) groups is 1. The van der Waals surface area contributed by atoms with E-state index in [2.05, 4.69) is 31.9 Å². The predicted molar refractivity (Wildman–Crippen MR) is 73.7 cm³/mol. The number of hydrogen-bond donors (Lipinski definition) is 1. The molecular weight excluding hydrogens is 228 g/mol. The summed E-state index contributed by atoms with van der Waals surface area (Å²) >= 11 is 0. The number of fused-ring (bicyclic) bond motifs is 1. The number of carboxylic acids is 1. The molecule has 1 aromatic rings. The Morgan fingerprint density at radius 1 is 1.33 bits per heavy atom. The van der Waals surface area contributed by atoms with Crippen LogP contribution in [0.1, 0.15) is 17.5 Å². The molecular formula is C14H20N2O2. The summed E-state index contributed by atoms with van der Waals surface area (Å²) in [6.45, 7) is 6.04. The number of hydrogen-bond acceptors (Lipinski definition) is 3. The number of aryl methyl sites for hydroxylation is 1. The lowest BCUT2D eigenvalue weighted by molar-refractivity contribution is -0.135. The molecule has 0 amide bonds. The summed E-state index contributed by atoms with van der Waals surface area (Å²) < 4.78 is 0. The molecule has 0 radical (unpaired) electrons. The molecule has 4 heteroatoms. The number of benzene rings is 1. The normalized spacial score (nSPS) is 15.3. The standard InChI is InChI=1S/C14H20N2O2/c1-10-5-6-12-14(11(10)2)15(3)7-4-8-16(12)9-13(17)18/h5-6H,4,7-9H2,1-3H3,(H,17,18). The van der Waals surface area contributed by atoms with Crippen molar-refractivity contribution in [1.82, 2.24) is 0 Å². The van der Waals surface area contributed by atoms with Crippen LogP contribution in [0.3, 0.4) is 0 Å². The van der Waals surface area contributed by atoms with Gasteiger partial charge in [0.1, 0.15) is 6.54 Å². The van der Waals surface area contributed by atoms with Gasteiger partial charge in [-0.05, 0) is 37.5 Å². The van der Waals surface area contributed by atoms with Gasteiger partial charge in [0.05, 0.1) is 11.4 Å². The first-order valence-corrected chi connectivity index (χ1v) is 6.29. The lowest BCUT2D eigenvalue weighted by Gasteiger charge is -2.27. The fraction of sp³-hybridized carbons (Fsp3) is 0.500. The van der Waals surface area contributed by atoms with E-state index < -0.39 is 5.97 Å². The van der Waals surface area contributed by atoms with E-state index in [0.717, 1.165) is 25.2 Å². The van der Waals surface area contributed by atoms with E-state index >= 15 is 0 Å². The first kappa shape index (κ1) is 12.7. The molecule has 1 heterocycles. The average Bonchev–Trinajstić information content (AvgIpc) is 2.44. The average molecular weight is 248 g/mol. The van der Waals surface area contributed by atoms with Crippen molar-refractivity contribution in [3.05, 3.63) is 23.3 Å². The molecule has 1 aromatic carbocycles. The second-order valence-corrected chi connectivity index (χ2v) is 4.97. The van der Waals surface area contributed by atoms with Crippen LogP contribution in [0.25, 0.3) is 0 Å². The number of carboxylic acid groups (broad SMARTS) is 1. The number of rotatable bonds is 2. The third-order valence-corrected chi connectivity index (χ3v) is 3.65. The largest absolute Gasteiger partial charge is 0.480 e. The molecule has 0 unspecified atom stereocenters. The van der Waals surface area contributed by atoms with E-state index in [9.17, 15) is 4.79 Å². The van der Waals surface area contributed by atoms with E-state index in [1.165, 1.54) is 16.8 Å². The van der Waals surface area contributed by atoms with Crippen LogP contribution in [-0.4, -0.2) is 37.8 Å². The Morgan fingerprint density at radius 2 is 2.06 bits per heavy atom. The monoisotopic (exact) mass is 248 g/mol. The highest BCUT2D eigenvalue weighted by molar-refractivity contribution is 5.81. The molecule has 0 spiro atoms. The summed E-state index contributed by atoms with van der Waals surface area (Å²) in [6, 6.07) is 4.12. The highest BCUT2D eigenvalue weighted by atomic mass is 16.4. The lowest BCUT2D eigenvalue weighted by Crippen LogP contribution is -2.30. The molecule has 18 heavy (non-hydrogen) atoms. The minimum absolute atomic E-state index is 0.0728. The second kappa shape index (κ2) is 4.88. The van der Waals surface area contributed by atoms with Crippen LogP contribution in [0.5, 0.6) is 0 Å². The van der Waals surface area contributed by atoms with E-state index in [0.29, 0.717) is 0 Å². The van der Waals surface area contributed by atoms with Crippen molar-refractivity contribution in [1.29, 1.82) is 0 Å². The molecule has 0 aliphatic carbocycles. The van der Waals surface area contributed by atoms with E-state index in [1.54, 1.807) is 0 Å². The van der Waals surface area contributed by atoms with Crippen molar-refractivity contribution >= 4 is 17.3 Å². The minimum Gasteiger partial charge on any atom is -0.480 e. The minimum atomic E-state index is -0.774. The van der Waals surface area contributed by atoms with Crippen LogP contribution < -0.4 is 9.80 Å². The number of aliphatic carboxylic acids is 1. The fourth-order valence-corrected chi connectivity index (χ4v) is 2.58. The Bertz CT molecular complexity index is 471. The highest BCUT2D eigenvalue weighted by Crippen LogP contribution is 2.35. The maximum Gasteiger partial charge on any atom is 0.323 e. The van der Waals surface area contributed by atoms with Crippen molar-refractivity contribution in [2.45, 2.75) is 20.3 Å². The Kier molecular flexibility index (Phi) is 3.45. The van der Waals surface area contributed by atoms with Gasteiger partial charge in [-0.1, -0.05) is 6.07 Å². The summed E-state index contributed by atoms with van der Waals surface area (Å²) in [6.07, 6.45) is 0.983. The summed E-state index contributed by atoms with van der Waals surface area (Å²) in [4.78, 5) is 15.2. The van der Waals surface area contributed by atoms with Gasteiger partial charge in [-0.25, -0.2) is 0 Å². The highest BCUT2D eigenvalue weighted by Gasteiger charge is 2.22. The number of nitrogens with zero attached hydrogens (tertiary/aromatic N) is 2. The molecule has 0 bridgehead atoms. The van der Waals surface area contributed by atoms with Crippen LogP contribution >= 0.6 is 0 Å². The molecule has 98 valence electrons. The van der Waals surface area contributed by atoms with E-state index in [4.69, 9.17) is 5.11 Å². The van der Waals surface area contributed by atoms with Crippen LogP contribution in [0, 0.1) is 13.8 Å². The van der Waals surface area contributed by atoms with Gasteiger partial charge < -0.3 is 14.9 Å². The van der Waals surface area contributed by atoms with Gasteiger partial charge in [0, 0.05) is 20.1 Å². The third-order valence-electron chi connectivity index (χ3n) is 3.65. The summed E-state index contributed by atoms with van der Waals surface area (Å²) in [5.41, 5.74) is 4.71. The molecule has 0 saturated carbocycles. The predicted octanol–water partition coefficient (Wildman–Crippen LogP) is 2.03. The lowest BCUT2D eigenvalue weighted by atomic mass is 10.1. The smallest absolute Gasteiger partial charge is 0.323 e. The van der Waals surface area contributed by atoms with Crippen LogP contribution in [0.15, 0.2) is 12.1 Å². The Hall–Kier alpha value is -1.71.